The average Bonchev–Trinajstić information content (AvgIpc) is 2.47. The van der Waals surface area contributed by atoms with E-state index in [0.717, 1.165) is 0 Å². The monoisotopic (exact) mass is 335 g/mol. The van der Waals surface area contributed by atoms with Crippen molar-refractivity contribution in [2.75, 3.05) is 0 Å². The second-order valence-corrected chi connectivity index (χ2v) is 5.09. The summed E-state index contributed by atoms with van der Waals surface area (Å²) < 4.78 is -0.0895. The van der Waals surface area contributed by atoms with Crippen LogP contribution in [0.1, 0.15) is 11.1 Å². The molecule has 6 nitrogen and oxygen atoms in total. The zero-order chi connectivity index (χ0) is 16.1. The first-order chi connectivity index (χ1) is 10.5. The van der Waals surface area contributed by atoms with Crippen LogP contribution >= 0.6 is 0 Å². The Hall–Kier alpha value is -2.28. The van der Waals surface area contributed by atoms with Crippen LogP contribution in [0.4, 0.5) is 11.4 Å². The summed E-state index contributed by atoms with van der Waals surface area (Å²) in [6, 6.07) is 11.2. The molecule has 0 spiro atoms. The van der Waals surface area contributed by atoms with Crippen molar-refractivity contribution >= 4 is 21.8 Å². The fourth-order valence-electron chi connectivity index (χ4n) is 1.80. The molecule has 0 aromatic heterocycles. The minimum absolute atomic E-state index is 0.0663. The van der Waals surface area contributed by atoms with E-state index >= 15 is 0 Å². The van der Waals surface area contributed by atoms with Crippen LogP contribution in [0.3, 0.4) is 0 Å². The molecule has 7 heteroatoms. The molecule has 0 radical (unpaired) electrons. The summed E-state index contributed by atoms with van der Waals surface area (Å²) >= 11 is 1.93. The zero-order valence-corrected chi connectivity index (χ0v) is 12.7. The predicted molar refractivity (Wildman–Crippen MR) is 76.1 cm³/mol. The van der Waals surface area contributed by atoms with Gasteiger partial charge in [0, 0.05) is 0 Å². The molecule has 0 aliphatic carbocycles. The number of azo groups is 1. The van der Waals surface area contributed by atoms with Crippen LogP contribution in [0, 0.1) is 0 Å². The van der Waals surface area contributed by atoms with Crippen LogP contribution in [-0.2, 0) is 28.2 Å². The summed E-state index contributed by atoms with van der Waals surface area (Å²) in [6.45, 7) is 0. The molecule has 0 saturated heterocycles. The Morgan fingerprint density at radius 2 is 1.82 bits per heavy atom. The number of phenols is 1. The molecule has 2 rings (SSSR count). The number of aromatic hydroxyl groups is 1. The summed E-state index contributed by atoms with van der Waals surface area (Å²) in [5.74, 6) is -1.01. The number of carboxylic acid groups (broad SMARTS) is 1. The maximum atomic E-state index is 10.8. The summed E-state index contributed by atoms with van der Waals surface area (Å²) in [5, 5.41) is 36.0. The molecule has 0 amide bonds. The molecule has 111 valence electrons. The third-order valence-corrected chi connectivity index (χ3v) is 3.20. The number of aliphatic hydroxyl groups excluding tert-OH is 1. The van der Waals surface area contributed by atoms with Gasteiger partial charge in [-0.25, -0.2) is 0 Å². The third kappa shape index (κ3) is 4.11. The number of rotatable bonds is 5. The van der Waals surface area contributed by atoms with Crippen LogP contribution < -0.4 is 0 Å². The molecule has 2 aromatic rings. The molecule has 0 fully saturated rings. The van der Waals surface area contributed by atoms with Crippen LogP contribution in [0.2, 0.25) is 0 Å². The van der Waals surface area contributed by atoms with Gasteiger partial charge in [0.25, 0.3) is 0 Å². The summed E-state index contributed by atoms with van der Waals surface area (Å²) in [5.41, 5.74) is 1.69. The van der Waals surface area contributed by atoms with Gasteiger partial charge in [-0.15, -0.1) is 0 Å². The topological polar surface area (TPSA) is 102 Å². The minimum atomic E-state index is -0.946. The number of phenolic OH excluding ortho intramolecular Hbond substituents is 1. The molecule has 0 bridgehead atoms. The number of carboxylic acids is 1. The van der Waals surface area contributed by atoms with Gasteiger partial charge in [-0.2, -0.15) is 0 Å². The van der Waals surface area contributed by atoms with E-state index in [0.29, 0.717) is 16.9 Å². The Morgan fingerprint density at radius 3 is 2.50 bits per heavy atom. The normalized spacial score (nSPS) is 10.7. The van der Waals surface area contributed by atoms with Gasteiger partial charge in [-0.1, -0.05) is 0 Å². The molecule has 0 aliphatic rings. The molecule has 0 aliphatic heterocycles. The number of aliphatic carboxylic acids is 1. The van der Waals surface area contributed by atoms with Gasteiger partial charge in [-0.05, 0) is 0 Å². The van der Waals surface area contributed by atoms with E-state index in [-0.39, 0.29) is 22.1 Å². The van der Waals surface area contributed by atoms with Crippen LogP contribution in [0.5, 0.6) is 5.75 Å². The number of hydrogen-bond donors (Lipinski definition) is 3. The molecule has 2 aromatic carbocycles. The van der Waals surface area contributed by atoms with Gasteiger partial charge >= 0.3 is 135 Å². The Bertz CT molecular complexity index is 759. The van der Waals surface area contributed by atoms with Crippen molar-refractivity contribution in [3.63, 3.8) is 0 Å². The third-order valence-electron chi connectivity index (χ3n) is 2.83. The molecule has 0 unspecified atom stereocenters. The fourth-order valence-corrected chi connectivity index (χ4v) is 2.08. The van der Waals surface area contributed by atoms with Gasteiger partial charge in [0.15, 0.2) is 0 Å². The number of benzene rings is 2. The van der Waals surface area contributed by atoms with Crippen molar-refractivity contribution in [1.82, 2.24) is 0 Å². The first-order valence-electron chi connectivity index (χ1n) is 6.27. The SMILES string of the molecule is O=C(O)Cc1ccccc1N=Nc1ccc(O)c([C](O)=[V])c1. The Balaban J connectivity index is 2.31. The second-order valence-electron chi connectivity index (χ2n) is 4.42. The standard InChI is InChI=1S/C15H12N2O4.V/c18-9-11-7-12(5-6-14(11)19)16-17-13-4-2-1-3-10(13)8-15(20)21;/h1-7,18-19H,8H2,(H,20,21);. The molecular formula is C15H12N2O4V. The quantitative estimate of drug-likeness (QED) is 0.731. The van der Waals surface area contributed by atoms with E-state index in [2.05, 4.69) is 10.2 Å². The fraction of sp³-hybridized carbons (Fsp3) is 0.0667. The summed E-state index contributed by atoms with van der Waals surface area (Å²) in [6.07, 6.45) is -0.142. The predicted octanol–water partition coefficient (Wildman–Crippen LogP) is 2.83. The van der Waals surface area contributed by atoms with Crippen molar-refractivity contribution in [2.24, 2.45) is 10.2 Å². The molecule has 0 heterocycles. The average molecular weight is 335 g/mol. The molecule has 22 heavy (non-hydrogen) atoms. The zero-order valence-electron chi connectivity index (χ0n) is 11.3. The summed E-state index contributed by atoms with van der Waals surface area (Å²) in [7, 11) is 0. The van der Waals surface area contributed by atoms with Crippen molar-refractivity contribution in [1.29, 1.82) is 0 Å². The molecule has 0 saturated carbocycles. The Morgan fingerprint density at radius 1 is 1.09 bits per heavy atom. The van der Waals surface area contributed by atoms with E-state index in [1.54, 1.807) is 24.3 Å². The Labute approximate surface area is 135 Å². The maximum absolute atomic E-state index is 10.8. The number of carbonyl (C=O) groups is 1. The molecule has 0 atom stereocenters. The number of hydrogen-bond acceptors (Lipinski definition) is 5. The summed E-state index contributed by atoms with van der Waals surface area (Å²) in [4.78, 5) is 10.8. The molecule has 3 N–H and O–H groups in total. The van der Waals surface area contributed by atoms with Crippen LogP contribution in [0.25, 0.3) is 0 Å². The first kappa shape index (κ1) is 16.1. The van der Waals surface area contributed by atoms with E-state index in [9.17, 15) is 15.0 Å². The van der Waals surface area contributed by atoms with Crippen molar-refractivity contribution < 1.29 is 37.1 Å². The number of aliphatic hydroxyl groups is 1. The first-order valence-corrected chi connectivity index (χ1v) is 6.97. The van der Waals surface area contributed by atoms with Crippen LogP contribution in [-0.4, -0.2) is 25.7 Å². The van der Waals surface area contributed by atoms with Crippen molar-refractivity contribution in [2.45, 2.75) is 6.42 Å². The number of nitrogens with zero attached hydrogens (tertiary/aromatic N) is 2. The molecular weight excluding hydrogens is 323 g/mol. The second kappa shape index (κ2) is 7.13. The van der Waals surface area contributed by atoms with E-state index in [1.165, 1.54) is 18.2 Å². The van der Waals surface area contributed by atoms with Crippen molar-refractivity contribution in [3.05, 3.63) is 53.6 Å². The van der Waals surface area contributed by atoms with Gasteiger partial charge in [0.2, 0.25) is 0 Å². The van der Waals surface area contributed by atoms with Gasteiger partial charge in [0.05, 0.1) is 0 Å². The van der Waals surface area contributed by atoms with E-state index < -0.39 is 5.97 Å². The van der Waals surface area contributed by atoms with Gasteiger partial charge < -0.3 is 0 Å². The van der Waals surface area contributed by atoms with E-state index in [1.807, 2.05) is 17.0 Å². The van der Waals surface area contributed by atoms with Gasteiger partial charge in [-0.3, -0.25) is 0 Å². The Kier molecular flexibility index (Phi) is 5.22. The van der Waals surface area contributed by atoms with E-state index in [4.69, 9.17) is 5.11 Å². The van der Waals surface area contributed by atoms with Gasteiger partial charge in [0.1, 0.15) is 0 Å². The van der Waals surface area contributed by atoms with Crippen LogP contribution in [0.15, 0.2) is 52.7 Å². The van der Waals surface area contributed by atoms with Crippen molar-refractivity contribution in [3.8, 4) is 5.75 Å².